The van der Waals surface area contributed by atoms with E-state index in [9.17, 15) is 4.79 Å². The average molecular weight is 260 g/mol. The third-order valence-electron chi connectivity index (χ3n) is 2.90. The third kappa shape index (κ3) is 2.93. The van der Waals surface area contributed by atoms with Gasteiger partial charge in [-0.15, -0.1) is 0 Å². The fourth-order valence-electron chi connectivity index (χ4n) is 1.86. The molecule has 1 N–H and O–H groups in total. The summed E-state index contributed by atoms with van der Waals surface area (Å²) in [5.74, 6) is 1.18. The number of hydrogen-bond acceptors (Lipinski definition) is 4. The van der Waals surface area contributed by atoms with Crippen molar-refractivity contribution in [3.05, 3.63) is 41.3 Å². The van der Waals surface area contributed by atoms with Gasteiger partial charge in [-0.1, -0.05) is 17.3 Å². The van der Waals surface area contributed by atoms with E-state index < -0.39 is 0 Å². The summed E-state index contributed by atoms with van der Waals surface area (Å²) in [6.45, 7) is 3.62. The first-order valence-corrected chi connectivity index (χ1v) is 5.96. The Morgan fingerprint density at radius 2 is 2.11 bits per heavy atom. The van der Waals surface area contributed by atoms with Crippen LogP contribution in [0.5, 0.6) is 5.75 Å². The van der Waals surface area contributed by atoms with Gasteiger partial charge in [0.1, 0.15) is 11.5 Å². The number of anilines is 1. The highest BCUT2D eigenvalue weighted by Gasteiger charge is 2.14. The summed E-state index contributed by atoms with van der Waals surface area (Å²) in [7, 11) is 1.57. The molecule has 2 aromatic rings. The van der Waals surface area contributed by atoms with Crippen LogP contribution in [0.3, 0.4) is 0 Å². The van der Waals surface area contributed by atoms with Crippen molar-refractivity contribution in [2.75, 3.05) is 12.4 Å². The molecule has 0 spiro atoms. The molecule has 0 saturated carbocycles. The molecular weight excluding hydrogens is 244 g/mol. The summed E-state index contributed by atoms with van der Waals surface area (Å²) in [6.07, 6.45) is 0.235. The molecule has 0 fully saturated rings. The summed E-state index contributed by atoms with van der Waals surface area (Å²) in [4.78, 5) is 12.0. The van der Waals surface area contributed by atoms with E-state index in [0.29, 0.717) is 17.2 Å². The molecule has 19 heavy (non-hydrogen) atoms. The number of ether oxygens (including phenoxy) is 1. The zero-order chi connectivity index (χ0) is 13.8. The molecule has 1 amide bonds. The van der Waals surface area contributed by atoms with E-state index in [0.717, 1.165) is 11.3 Å². The Morgan fingerprint density at radius 1 is 1.37 bits per heavy atom. The Morgan fingerprint density at radius 3 is 2.74 bits per heavy atom. The number of nitrogens with one attached hydrogen (secondary N) is 1. The summed E-state index contributed by atoms with van der Waals surface area (Å²) in [5.41, 5.74) is 2.22. The van der Waals surface area contributed by atoms with Gasteiger partial charge in [0.15, 0.2) is 0 Å². The van der Waals surface area contributed by atoms with E-state index in [1.54, 1.807) is 26.2 Å². The molecule has 100 valence electrons. The summed E-state index contributed by atoms with van der Waals surface area (Å²) in [6, 6.07) is 7.28. The fourth-order valence-corrected chi connectivity index (χ4v) is 1.86. The zero-order valence-corrected chi connectivity index (χ0v) is 11.2. The van der Waals surface area contributed by atoms with Gasteiger partial charge in [-0.3, -0.25) is 4.79 Å². The van der Waals surface area contributed by atoms with Crippen LogP contribution < -0.4 is 10.1 Å². The van der Waals surface area contributed by atoms with Crippen molar-refractivity contribution in [2.24, 2.45) is 0 Å². The van der Waals surface area contributed by atoms with Crippen LogP contribution in [0.25, 0.3) is 0 Å². The topological polar surface area (TPSA) is 64.4 Å². The molecule has 1 aromatic heterocycles. The average Bonchev–Trinajstić information content (AvgIpc) is 2.71. The number of aryl methyl sites for hydroxylation is 2. The minimum Gasteiger partial charge on any atom is -0.495 e. The number of amides is 1. The van der Waals surface area contributed by atoms with Crippen molar-refractivity contribution in [3.63, 3.8) is 0 Å². The maximum Gasteiger partial charge on any atom is 0.229 e. The van der Waals surface area contributed by atoms with Gasteiger partial charge in [0.2, 0.25) is 5.91 Å². The quantitative estimate of drug-likeness (QED) is 0.917. The highest BCUT2D eigenvalue weighted by atomic mass is 16.5. The van der Waals surface area contributed by atoms with Crippen LogP contribution in [0.1, 0.15) is 17.0 Å². The normalized spacial score (nSPS) is 10.3. The number of aromatic nitrogens is 1. The lowest BCUT2D eigenvalue weighted by molar-refractivity contribution is -0.115. The molecule has 2 rings (SSSR count). The lowest BCUT2D eigenvalue weighted by atomic mass is 10.1. The maximum absolute atomic E-state index is 12.0. The van der Waals surface area contributed by atoms with Gasteiger partial charge in [-0.05, 0) is 26.0 Å². The summed E-state index contributed by atoms with van der Waals surface area (Å²) in [5, 5.41) is 6.65. The summed E-state index contributed by atoms with van der Waals surface area (Å²) < 4.78 is 10.2. The van der Waals surface area contributed by atoms with Crippen molar-refractivity contribution in [2.45, 2.75) is 20.3 Å². The second-order valence-electron chi connectivity index (χ2n) is 4.23. The number of benzene rings is 1. The van der Waals surface area contributed by atoms with Crippen LogP contribution in [-0.4, -0.2) is 18.2 Å². The number of methoxy groups -OCH3 is 1. The maximum atomic E-state index is 12.0. The number of carbonyl (C=O) groups excluding carboxylic acids is 1. The molecule has 1 heterocycles. The van der Waals surface area contributed by atoms with Gasteiger partial charge in [-0.25, -0.2) is 0 Å². The van der Waals surface area contributed by atoms with Crippen LogP contribution in [0, 0.1) is 13.8 Å². The predicted molar refractivity (Wildman–Crippen MR) is 71.3 cm³/mol. The first kappa shape index (κ1) is 13.1. The van der Waals surface area contributed by atoms with E-state index in [4.69, 9.17) is 9.26 Å². The fraction of sp³-hybridized carbons (Fsp3) is 0.286. The molecule has 0 atom stereocenters. The van der Waals surface area contributed by atoms with Crippen molar-refractivity contribution < 1.29 is 14.1 Å². The monoisotopic (exact) mass is 260 g/mol. The highest BCUT2D eigenvalue weighted by molar-refractivity contribution is 5.93. The predicted octanol–water partition coefficient (Wildman–Crippen LogP) is 2.48. The number of rotatable bonds is 4. The Balaban J connectivity index is 2.10. The van der Waals surface area contributed by atoms with Crippen molar-refractivity contribution in [3.8, 4) is 5.75 Å². The number of hydrogen-bond donors (Lipinski definition) is 1. The largest absolute Gasteiger partial charge is 0.495 e. The van der Waals surface area contributed by atoms with E-state index in [2.05, 4.69) is 10.5 Å². The van der Waals surface area contributed by atoms with Crippen molar-refractivity contribution >= 4 is 11.6 Å². The molecule has 0 saturated heterocycles. The molecule has 0 aliphatic carbocycles. The van der Waals surface area contributed by atoms with Gasteiger partial charge in [0, 0.05) is 5.56 Å². The van der Waals surface area contributed by atoms with Gasteiger partial charge < -0.3 is 14.6 Å². The third-order valence-corrected chi connectivity index (χ3v) is 2.90. The molecule has 0 radical (unpaired) electrons. The van der Waals surface area contributed by atoms with Gasteiger partial charge >= 0.3 is 0 Å². The highest BCUT2D eigenvalue weighted by Crippen LogP contribution is 2.23. The van der Waals surface area contributed by atoms with Crippen LogP contribution in [0.15, 0.2) is 28.8 Å². The number of nitrogens with zero attached hydrogens (tertiary/aromatic N) is 1. The molecule has 0 bridgehead atoms. The van der Waals surface area contributed by atoms with Crippen molar-refractivity contribution in [1.29, 1.82) is 0 Å². The minimum absolute atomic E-state index is 0.126. The summed E-state index contributed by atoms with van der Waals surface area (Å²) >= 11 is 0. The van der Waals surface area contributed by atoms with Crippen LogP contribution in [-0.2, 0) is 11.2 Å². The Labute approximate surface area is 111 Å². The van der Waals surface area contributed by atoms with Crippen LogP contribution in [0.4, 0.5) is 5.69 Å². The zero-order valence-electron chi connectivity index (χ0n) is 11.2. The standard InChI is InChI=1S/C14H16N2O3/c1-9-11(10(2)19-16-9)8-14(17)15-12-6-4-5-7-13(12)18-3/h4-7H,8H2,1-3H3,(H,15,17). The molecule has 5 nitrogen and oxygen atoms in total. The number of carbonyl (C=O) groups is 1. The van der Waals surface area contributed by atoms with Gasteiger partial charge in [-0.2, -0.15) is 0 Å². The van der Waals surface area contributed by atoms with E-state index >= 15 is 0 Å². The Bertz CT molecular complexity index is 571. The molecule has 5 heteroatoms. The van der Waals surface area contributed by atoms with Crippen LogP contribution >= 0.6 is 0 Å². The SMILES string of the molecule is COc1ccccc1NC(=O)Cc1c(C)noc1C. The first-order valence-electron chi connectivity index (χ1n) is 5.96. The second-order valence-corrected chi connectivity index (χ2v) is 4.23. The smallest absolute Gasteiger partial charge is 0.229 e. The van der Waals surface area contributed by atoms with E-state index in [1.165, 1.54) is 0 Å². The van der Waals surface area contributed by atoms with Crippen molar-refractivity contribution in [1.82, 2.24) is 5.16 Å². The molecular formula is C14H16N2O3. The van der Waals surface area contributed by atoms with Gasteiger partial charge in [0.05, 0.1) is 24.9 Å². The first-order chi connectivity index (χ1) is 9.11. The lowest BCUT2D eigenvalue weighted by Crippen LogP contribution is -2.15. The van der Waals surface area contributed by atoms with E-state index in [-0.39, 0.29) is 12.3 Å². The second kappa shape index (κ2) is 5.56. The molecule has 0 aliphatic heterocycles. The minimum atomic E-state index is -0.126. The van der Waals surface area contributed by atoms with E-state index in [1.807, 2.05) is 19.1 Å². The number of para-hydroxylation sites is 2. The van der Waals surface area contributed by atoms with Crippen LogP contribution in [0.2, 0.25) is 0 Å². The molecule has 1 aromatic carbocycles. The lowest BCUT2D eigenvalue weighted by Gasteiger charge is -2.09. The molecule has 0 aliphatic rings. The Kier molecular flexibility index (Phi) is 3.85. The molecule has 0 unspecified atom stereocenters. The Hall–Kier alpha value is -2.30. The van der Waals surface area contributed by atoms with Gasteiger partial charge in [0.25, 0.3) is 0 Å².